The number of carbonyl (C=O) groups excluding carboxylic acids is 3. The molecule has 0 fully saturated rings. The van der Waals surface area contributed by atoms with Gasteiger partial charge in [-0.2, -0.15) is 0 Å². The Bertz CT molecular complexity index is 1180. The van der Waals surface area contributed by atoms with E-state index in [1.54, 1.807) is 48.5 Å². The first-order chi connectivity index (χ1) is 16.0. The third-order valence-corrected chi connectivity index (χ3v) is 5.66. The van der Waals surface area contributed by atoms with E-state index in [0.717, 1.165) is 16.0 Å². The first kappa shape index (κ1) is 23.8. The second-order valence-electron chi connectivity index (χ2n) is 7.08. The van der Waals surface area contributed by atoms with Gasteiger partial charge in [0.15, 0.2) is 0 Å². The van der Waals surface area contributed by atoms with Gasteiger partial charge in [0.25, 0.3) is 11.8 Å². The number of ether oxygens (including phenoxy) is 1. The van der Waals surface area contributed by atoms with Crippen molar-refractivity contribution in [2.75, 3.05) is 18.2 Å². The van der Waals surface area contributed by atoms with Gasteiger partial charge in [-0.05, 0) is 54.5 Å². The smallest absolute Gasteiger partial charge is 0.315 e. The van der Waals surface area contributed by atoms with Gasteiger partial charge in [-0.1, -0.05) is 48.5 Å². The molecule has 0 atom stereocenters. The molecule has 3 rings (SSSR count). The highest BCUT2D eigenvalue weighted by Crippen LogP contribution is 2.22. The zero-order chi connectivity index (χ0) is 23.6. The fourth-order valence-electron chi connectivity index (χ4n) is 2.91. The van der Waals surface area contributed by atoms with Crippen molar-refractivity contribution < 1.29 is 19.1 Å². The van der Waals surface area contributed by atoms with Crippen LogP contribution in [-0.4, -0.2) is 30.6 Å². The van der Waals surface area contributed by atoms with Crippen molar-refractivity contribution in [1.82, 2.24) is 5.32 Å². The maximum absolute atomic E-state index is 13.1. The topological polar surface area (TPSA) is 84.5 Å². The van der Waals surface area contributed by atoms with Crippen molar-refractivity contribution in [1.29, 1.82) is 0 Å². The normalized spacial score (nSPS) is 10.9. The van der Waals surface area contributed by atoms with Crippen molar-refractivity contribution in [2.45, 2.75) is 11.8 Å². The lowest BCUT2D eigenvalue weighted by Gasteiger charge is -2.13. The number of esters is 1. The van der Waals surface area contributed by atoms with E-state index in [1.807, 2.05) is 43.3 Å². The fourth-order valence-corrected chi connectivity index (χ4v) is 3.70. The van der Waals surface area contributed by atoms with Crippen LogP contribution in [0.15, 0.2) is 89.5 Å². The zero-order valence-electron chi connectivity index (χ0n) is 18.3. The Balaban J connectivity index is 1.83. The van der Waals surface area contributed by atoms with Crippen molar-refractivity contribution in [3.05, 3.63) is 101 Å². The van der Waals surface area contributed by atoms with Gasteiger partial charge in [0, 0.05) is 16.1 Å². The van der Waals surface area contributed by atoms with Gasteiger partial charge in [0.2, 0.25) is 0 Å². The van der Waals surface area contributed by atoms with Crippen LogP contribution in [0.3, 0.4) is 0 Å². The first-order valence-corrected chi connectivity index (χ1v) is 11.2. The molecule has 0 aliphatic heterocycles. The molecule has 0 heterocycles. The molecule has 2 N–H and O–H groups in total. The minimum atomic E-state index is -0.461. The summed E-state index contributed by atoms with van der Waals surface area (Å²) in [4.78, 5) is 38.1. The highest BCUT2D eigenvalue weighted by molar-refractivity contribution is 8.00. The minimum Gasteiger partial charge on any atom is -0.468 e. The summed E-state index contributed by atoms with van der Waals surface area (Å²) >= 11 is 1.31. The Hall–Kier alpha value is -3.84. The van der Waals surface area contributed by atoms with E-state index in [9.17, 15) is 14.4 Å². The summed E-state index contributed by atoms with van der Waals surface area (Å²) in [6, 6.07) is 23.4. The Morgan fingerprint density at radius 2 is 1.67 bits per heavy atom. The predicted octanol–water partition coefficient (Wildman–Crippen LogP) is 4.67. The van der Waals surface area contributed by atoms with Gasteiger partial charge in [0.1, 0.15) is 5.70 Å². The fraction of sp³-hybridized carbons (Fsp3) is 0.115. The molecular formula is C26H24N2O4S. The lowest BCUT2D eigenvalue weighted by atomic mass is 10.1. The summed E-state index contributed by atoms with van der Waals surface area (Å²) in [5.74, 6) is -1.01. The highest BCUT2D eigenvalue weighted by atomic mass is 32.2. The largest absolute Gasteiger partial charge is 0.468 e. The average molecular weight is 461 g/mol. The van der Waals surface area contributed by atoms with Crippen LogP contribution in [0.5, 0.6) is 0 Å². The van der Waals surface area contributed by atoms with Crippen LogP contribution in [0.25, 0.3) is 6.08 Å². The Morgan fingerprint density at radius 3 is 2.39 bits per heavy atom. The Labute approximate surface area is 197 Å². The van der Waals surface area contributed by atoms with E-state index < -0.39 is 5.91 Å². The number of nitrogens with one attached hydrogen (secondary N) is 2. The molecule has 0 radical (unpaired) electrons. The van der Waals surface area contributed by atoms with Crippen LogP contribution < -0.4 is 10.6 Å². The lowest BCUT2D eigenvalue weighted by Crippen LogP contribution is -2.30. The van der Waals surface area contributed by atoms with Gasteiger partial charge in [-0.3, -0.25) is 14.4 Å². The molecule has 0 aliphatic rings. The quantitative estimate of drug-likeness (QED) is 0.290. The van der Waals surface area contributed by atoms with E-state index >= 15 is 0 Å². The Kier molecular flexibility index (Phi) is 8.43. The number of carbonyl (C=O) groups is 3. The van der Waals surface area contributed by atoms with Crippen LogP contribution in [0.2, 0.25) is 0 Å². The summed E-state index contributed by atoms with van der Waals surface area (Å²) in [5, 5.41) is 5.56. The highest BCUT2D eigenvalue weighted by Gasteiger charge is 2.16. The van der Waals surface area contributed by atoms with Crippen LogP contribution in [0.1, 0.15) is 21.5 Å². The summed E-state index contributed by atoms with van der Waals surface area (Å²) in [5.41, 5.74) is 2.89. The van der Waals surface area contributed by atoms with E-state index in [4.69, 9.17) is 0 Å². The number of methoxy groups -OCH3 is 1. The van der Waals surface area contributed by atoms with Crippen molar-refractivity contribution in [3.63, 3.8) is 0 Å². The molecule has 6 nitrogen and oxygen atoms in total. The predicted molar refractivity (Wildman–Crippen MR) is 131 cm³/mol. The summed E-state index contributed by atoms with van der Waals surface area (Å²) < 4.78 is 4.66. The van der Waals surface area contributed by atoms with Crippen LogP contribution in [0.4, 0.5) is 5.69 Å². The number of hydrogen-bond donors (Lipinski definition) is 2. The number of hydrogen-bond acceptors (Lipinski definition) is 5. The van der Waals surface area contributed by atoms with Crippen molar-refractivity contribution >= 4 is 41.3 Å². The number of benzene rings is 3. The molecular weight excluding hydrogens is 436 g/mol. The standard InChI is InChI=1S/C26H24N2O4S/c1-18-9-6-7-12-20(18)15-23(28-25(30)19-10-4-3-5-11-19)26(31)27-21-13-8-14-22(16-21)33-17-24(29)32-2/h3-16H,17H2,1-2H3,(H,27,31)(H,28,30)/b23-15-. The molecule has 3 aromatic rings. The average Bonchev–Trinajstić information content (AvgIpc) is 2.84. The molecule has 2 amide bonds. The second kappa shape index (κ2) is 11.7. The van der Waals surface area contributed by atoms with E-state index in [1.165, 1.54) is 18.9 Å². The number of aryl methyl sites for hydroxylation is 1. The molecule has 0 saturated heterocycles. The van der Waals surface area contributed by atoms with E-state index in [0.29, 0.717) is 11.3 Å². The molecule has 7 heteroatoms. The lowest BCUT2D eigenvalue weighted by molar-refractivity contribution is -0.137. The number of thioether (sulfide) groups is 1. The molecule has 3 aromatic carbocycles. The molecule has 0 bridgehead atoms. The number of amides is 2. The zero-order valence-corrected chi connectivity index (χ0v) is 19.1. The van der Waals surface area contributed by atoms with Gasteiger partial charge in [-0.15, -0.1) is 11.8 Å². The third-order valence-electron chi connectivity index (χ3n) is 4.69. The molecule has 0 saturated carbocycles. The molecule has 0 aromatic heterocycles. The van der Waals surface area contributed by atoms with Gasteiger partial charge < -0.3 is 15.4 Å². The molecule has 0 unspecified atom stereocenters. The monoisotopic (exact) mass is 460 g/mol. The second-order valence-corrected chi connectivity index (χ2v) is 8.13. The summed E-state index contributed by atoms with van der Waals surface area (Å²) in [6.07, 6.45) is 1.65. The van der Waals surface area contributed by atoms with Gasteiger partial charge in [-0.25, -0.2) is 0 Å². The summed E-state index contributed by atoms with van der Waals surface area (Å²) in [7, 11) is 1.34. The maximum atomic E-state index is 13.1. The molecule has 168 valence electrons. The number of anilines is 1. The minimum absolute atomic E-state index is 0.116. The van der Waals surface area contributed by atoms with Gasteiger partial charge >= 0.3 is 5.97 Å². The van der Waals surface area contributed by atoms with Crippen LogP contribution in [-0.2, 0) is 14.3 Å². The molecule has 0 aliphatic carbocycles. The van der Waals surface area contributed by atoms with Gasteiger partial charge in [0.05, 0.1) is 12.9 Å². The van der Waals surface area contributed by atoms with Crippen molar-refractivity contribution in [2.24, 2.45) is 0 Å². The number of rotatable bonds is 8. The molecule has 0 spiro atoms. The van der Waals surface area contributed by atoms with Crippen molar-refractivity contribution in [3.8, 4) is 0 Å². The van der Waals surface area contributed by atoms with E-state index in [2.05, 4.69) is 15.4 Å². The SMILES string of the molecule is COC(=O)CSc1cccc(NC(=O)/C(=C/c2ccccc2C)NC(=O)c2ccccc2)c1. The first-order valence-electron chi connectivity index (χ1n) is 10.2. The van der Waals surface area contributed by atoms with Crippen LogP contribution >= 0.6 is 11.8 Å². The Morgan fingerprint density at radius 1 is 0.939 bits per heavy atom. The maximum Gasteiger partial charge on any atom is 0.315 e. The molecule has 33 heavy (non-hydrogen) atoms. The van der Waals surface area contributed by atoms with Crippen LogP contribution in [0, 0.1) is 6.92 Å². The third kappa shape index (κ3) is 7.08. The summed E-state index contributed by atoms with van der Waals surface area (Å²) in [6.45, 7) is 1.93. The van der Waals surface area contributed by atoms with E-state index in [-0.39, 0.29) is 23.3 Å².